The van der Waals surface area contributed by atoms with Crippen molar-refractivity contribution < 1.29 is 0 Å². The molecular formula is C15H17ClN2. The summed E-state index contributed by atoms with van der Waals surface area (Å²) in [6, 6.07) is 14.1. The van der Waals surface area contributed by atoms with E-state index in [0.717, 1.165) is 16.1 Å². The highest BCUT2D eigenvalue weighted by atomic mass is 35.5. The number of hydrogen-bond acceptors (Lipinski definition) is 2. The Morgan fingerprint density at radius 2 is 1.89 bits per heavy atom. The minimum atomic E-state index is -0.0383. The molecule has 0 aliphatic heterocycles. The number of benzene rings is 2. The maximum atomic E-state index is 6.07. The third-order valence-electron chi connectivity index (χ3n) is 3.09. The molecule has 2 rings (SSSR count). The molecule has 0 aliphatic carbocycles. The molecule has 0 spiro atoms. The summed E-state index contributed by atoms with van der Waals surface area (Å²) in [6.45, 7) is 4.13. The smallest absolute Gasteiger partial charge is 0.0713 e. The van der Waals surface area contributed by atoms with Crippen molar-refractivity contribution in [2.24, 2.45) is 5.84 Å². The molecular weight excluding hydrogens is 244 g/mol. The molecule has 0 bridgehead atoms. The first-order valence-electron chi connectivity index (χ1n) is 5.90. The Hall–Kier alpha value is -1.35. The summed E-state index contributed by atoms with van der Waals surface area (Å²) in [6.07, 6.45) is 0. The van der Waals surface area contributed by atoms with Gasteiger partial charge in [-0.15, -0.1) is 0 Å². The fraction of sp³-hybridized carbons (Fsp3) is 0.200. The van der Waals surface area contributed by atoms with Gasteiger partial charge in [0.2, 0.25) is 0 Å². The zero-order chi connectivity index (χ0) is 13.1. The molecule has 18 heavy (non-hydrogen) atoms. The van der Waals surface area contributed by atoms with Gasteiger partial charge in [-0.3, -0.25) is 5.84 Å². The van der Waals surface area contributed by atoms with Crippen LogP contribution in [0, 0.1) is 13.8 Å². The summed E-state index contributed by atoms with van der Waals surface area (Å²) < 4.78 is 0. The molecule has 0 fully saturated rings. The molecule has 2 nitrogen and oxygen atoms in total. The second-order valence-electron chi connectivity index (χ2n) is 4.51. The lowest BCUT2D eigenvalue weighted by Crippen LogP contribution is -2.29. The Morgan fingerprint density at radius 3 is 2.56 bits per heavy atom. The number of halogens is 1. The van der Waals surface area contributed by atoms with E-state index in [2.05, 4.69) is 37.5 Å². The number of hydrogen-bond donors (Lipinski definition) is 2. The largest absolute Gasteiger partial charge is 0.271 e. The van der Waals surface area contributed by atoms with Crippen molar-refractivity contribution >= 4 is 11.6 Å². The average molecular weight is 261 g/mol. The topological polar surface area (TPSA) is 38.0 Å². The van der Waals surface area contributed by atoms with Gasteiger partial charge in [-0.1, -0.05) is 47.5 Å². The lowest BCUT2D eigenvalue weighted by atomic mass is 9.94. The van der Waals surface area contributed by atoms with E-state index in [1.165, 1.54) is 11.1 Å². The van der Waals surface area contributed by atoms with Crippen molar-refractivity contribution in [3.63, 3.8) is 0 Å². The van der Waals surface area contributed by atoms with Gasteiger partial charge in [-0.2, -0.15) is 0 Å². The molecule has 2 aromatic carbocycles. The standard InChI is InChI=1S/C15H17ClN2/c1-10-4-3-5-12(8-10)15(18-17)14-9-13(16)7-6-11(14)2/h3-9,15,18H,17H2,1-2H3. The highest BCUT2D eigenvalue weighted by Crippen LogP contribution is 2.27. The second kappa shape index (κ2) is 5.53. The van der Waals surface area contributed by atoms with E-state index in [4.69, 9.17) is 17.4 Å². The first-order valence-corrected chi connectivity index (χ1v) is 6.28. The van der Waals surface area contributed by atoms with Gasteiger partial charge in [-0.05, 0) is 42.7 Å². The number of nitrogens with one attached hydrogen (secondary N) is 1. The summed E-state index contributed by atoms with van der Waals surface area (Å²) in [4.78, 5) is 0. The fourth-order valence-electron chi connectivity index (χ4n) is 2.14. The predicted octanol–water partition coefficient (Wildman–Crippen LogP) is 3.51. The summed E-state index contributed by atoms with van der Waals surface area (Å²) in [7, 11) is 0. The summed E-state index contributed by atoms with van der Waals surface area (Å²) in [5, 5.41) is 0.725. The van der Waals surface area contributed by atoms with Gasteiger partial charge in [0, 0.05) is 5.02 Å². The number of aryl methyl sites for hydroxylation is 2. The van der Waals surface area contributed by atoms with Gasteiger partial charge in [-0.25, -0.2) is 5.43 Å². The zero-order valence-electron chi connectivity index (χ0n) is 10.6. The lowest BCUT2D eigenvalue weighted by Gasteiger charge is -2.19. The Balaban J connectivity index is 2.48. The van der Waals surface area contributed by atoms with Crippen LogP contribution in [0.2, 0.25) is 5.02 Å². The molecule has 3 heteroatoms. The highest BCUT2D eigenvalue weighted by molar-refractivity contribution is 6.30. The lowest BCUT2D eigenvalue weighted by molar-refractivity contribution is 0.633. The van der Waals surface area contributed by atoms with Crippen LogP contribution in [0.5, 0.6) is 0 Å². The Bertz CT molecular complexity index is 552. The van der Waals surface area contributed by atoms with Gasteiger partial charge in [0.25, 0.3) is 0 Å². The van der Waals surface area contributed by atoms with Crippen LogP contribution < -0.4 is 11.3 Å². The van der Waals surface area contributed by atoms with Crippen molar-refractivity contribution in [3.8, 4) is 0 Å². The summed E-state index contributed by atoms with van der Waals surface area (Å²) >= 11 is 6.07. The molecule has 94 valence electrons. The molecule has 0 aliphatic rings. The van der Waals surface area contributed by atoms with Crippen LogP contribution >= 0.6 is 11.6 Å². The Labute approximate surface area is 113 Å². The van der Waals surface area contributed by atoms with Gasteiger partial charge in [0.05, 0.1) is 6.04 Å². The normalized spacial score (nSPS) is 12.4. The van der Waals surface area contributed by atoms with Crippen molar-refractivity contribution in [1.82, 2.24) is 5.43 Å². The number of nitrogens with two attached hydrogens (primary N) is 1. The molecule has 0 amide bonds. The fourth-order valence-corrected chi connectivity index (χ4v) is 2.32. The van der Waals surface area contributed by atoms with Crippen molar-refractivity contribution in [2.45, 2.75) is 19.9 Å². The molecule has 0 aromatic heterocycles. The molecule has 0 saturated heterocycles. The maximum absolute atomic E-state index is 6.07. The van der Waals surface area contributed by atoms with Crippen LogP contribution in [0.15, 0.2) is 42.5 Å². The Kier molecular flexibility index (Phi) is 4.02. The quantitative estimate of drug-likeness (QED) is 0.655. The van der Waals surface area contributed by atoms with Crippen LogP contribution in [0.3, 0.4) is 0 Å². The SMILES string of the molecule is Cc1cccc(C(NN)c2cc(Cl)ccc2C)c1. The van der Waals surface area contributed by atoms with Gasteiger partial charge >= 0.3 is 0 Å². The van der Waals surface area contributed by atoms with Crippen LogP contribution in [0.1, 0.15) is 28.3 Å². The Morgan fingerprint density at radius 1 is 1.11 bits per heavy atom. The zero-order valence-corrected chi connectivity index (χ0v) is 11.3. The van der Waals surface area contributed by atoms with E-state index < -0.39 is 0 Å². The van der Waals surface area contributed by atoms with E-state index in [9.17, 15) is 0 Å². The number of rotatable bonds is 3. The van der Waals surface area contributed by atoms with Gasteiger partial charge in [0.15, 0.2) is 0 Å². The molecule has 0 heterocycles. The molecule has 1 unspecified atom stereocenters. The third kappa shape index (κ3) is 2.72. The highest BCUT2D eigenvalue weighted by Gasteiger charge is 2.15. The minimum Gasteiger partial charge on any atom is -0.271 e. The maximum Gasteiger partial charge on any atom is 0.0713 e. The van der Waals surface area contributed by atoms with Crippen molar-refractivity contribution in [2.75, 3.05) is 0 Å². The van der Waals surface area contributed by atoms with Crippen LogP contribution in [0.25, 0.3) is 0 Å². The summed E-state index contributed by atoms with van der Waals surface area (Å²) in [5.41, 5.74) is 7.51. The van der Waals surface area contributed by atoms with E-state index >= 15 is 0 Å². The molecule has 0 saturated carbocycles. The molecule has 0 radical (unpaired) electrons. The van der Waals surface area contributed by atoms with Crippen LogP contribution in [0.4, 0.5) is 0 Å². The van der Waals surface area contributed by atoms with Gasteiger partial charge in [0.1, 0.15) is 0 Å². The second-order valence-corrected chi connectivity index (χ2v) is 4.95. The third-order valence-corrected chi connectivity index (χ3v) is 3.33. The average Bonchev–Trinajstić information content (AvgIpc) is 2.35. The first kappa shape index (κ1) is 13.1. The predicted molar refractivity (Wildman–Crippen MR) is 76.5 cm³/mol. The van der Waals surface area contributed by atoms with E-state index in [1.807, 2.05) is 24.3 Å². The molecule has 1 atom stereocenters. The number of hydrazine groups is 1. The monoisotopic (exact) mass is 260 g/mol. The molecule has 2 aromatic rings. The van der Waals surface area contributed by atoms with E-state index in [0.29, 0.717) is 0 Å². The van der Waals surface area contributed by atoms with Crippen molar-refractivity contribution in [1.29, 1.82) is 0 Å². The first-order chi connectivity index (χ1) is 8.61. The van der Waals surface area contributed by atoms with Crippen LogP contribution in [-0.2, 0) is 0 Å². The van der Waals surface area contributed by atoms with Gasteiger partial charge < -0.3 is 0 Å². The molecule has 3 N–H and O–H groups in total. The summed E-state index contributed by atoms with van der Waals surface area (Å²) in [5.74, 6) is 5.71. The van der Waals surface area contributed by atoms with E-state index in [1.54, 1.807) is 0 Å². The van der Waals surface area contributed by atoms with Crippen molar-refractivity contribution in [3.05, 3.63) is 69.7 Å². The van der Waals surface area contributed by atoms with Crippen LogP contribution in [-0.4, -0.2) is 0 Å². The minimum absolute atomic E-state index is 0.0383. The van der Waals surface area contributed by atoms with E-state index in [-0.39, 0.29) is 6.04 Å².